The van der Waals surface area contributed by atoms with Crippen LogP contribution >= 0.6 is 0 Å². The highest BCUT2D eigenvalue weighted by atomic mass is 16.1. The highest BCUT2D eigenvalue weighted by molar-refractivity contribution is 5.88. The number of nitrogens with zero attached hydrogens (tertiary/aromatic N) is 7. The topological polar surface area (TPSA) is 83.6 Å². The van der Waals surface area contributed by atoms with Crippen molar-refractivity contribution < 1.29 is 0 Å². The maximum absolute atomic E-state index is 14.0. The summed E-state index contributed by atoms with van der Waals surface area (Å²) in [5, 5.41) is 3.77. The molecule has 6 aromatic rings. The van der Waals surface area contributed by atoms with Crippen molar-refractivity contribution in [3.8, 4) is 5.69 Å². The van der Waals surface area contributed by atoms with E-state index in [1.807, 2.05) is 60.7 Å². The summed E-state index contributed by atoms with van der Waals surface area (Å²) in [5.41, 5.74) is 6.91. The Morgan fingerprint density at radius 3 is 2.26 bits per heavy atom. The SMILES string of the molecule is Cc1cccc(C)c1-n1c(=O)c2cnc(Nc3ccc(N4CCN(C(C)C)CC4)cc3)nc2n2c3ccccc3nc12. The first-order chi connectivity index (χ1) is 20.4. The number of rotatable bonds is 5. The third-order valence-corrected chi connectivity index (χ3v) is 8.35. The fourth-order valence-corrected chi connectivity index (χ4v) is 6.08. The normalized spacial score (nSPS) is 14.5. The van der Waals surface area contributed by atoms with Crippen LogP contribution in [0.25, 0.3) is 33.5 Å². The molecule has 3 aromatic carbocycles. The number of anilines is 3. The van der Waals surface area contributed by atoms with Crippen LogP contribution in [0.5, 0.6) is 0 Å². The third-order valence-electron chi connectivity index (χ3n) is 8.35. The lowest BCUT2D eigenvalue weighted by Crippen LogP contribution is -2.48. The lowest BCUT2D eigenvalue weighted by Gasteiger charge is -2.38. The van der Waals surface area contributed by atoms with E-state index in [-0.39, 0.29) is 5.56 Å². The molecule has 0 amide bonds. The summed E-state index contributed by atoms with van der Waals surface area (Å²) in [7, 11) is 0. The molecule has 0 bridgehead atoms. The Morgan fingerprint density at radius 2 is 1.55 bits per heavy atom. The maximum Gasteiger partial charge on any atom is 0.270 e. The fraction of sp³-hybridized carbons (Fsp3) is 0.273. The monoisotopic (exact) mass is 558 g/mol. The lowest BCUT2D eigenvalue weighted by molar-refractivity contribution is 0.209. The van der Waals surface area contributed by atoms with Crippen molar-refractivity contribution in [1.82, 2.24) is 28.8 Å². The molecule has 0 aliphatic carbocycles. The summed E-state index contributed by atoms with van der Waals surface area (Å²) < 4.78 is 3.66. The van der Waals surface area contributed by atoms with Crippen LogP contribution < -0.4 is 15.8 Å². The molecular weight excluding hydrogens is 524 g/mol. The van der Waals surface area contributed by atoms with E-state index < -0.39 is 0 Å². The Hall–Kier alpha value is -4.76. The van der Waals surface area contributed by atoms with Crippen LogP contribution in [0.3, 0.4) is 0 Å². The molecule has 42 heavy (non-hydrogen) atoms. The van der Waals surface area contributed by atoms with Gasteiger partial charge in [0.1, 0.15) is 5.39 Å². The number of benzene rings is 3. The van der Waals surface area contributed by atoms with Gasteiger partial charge in [0.15, 0.2) is 5.65 Å². The summed E-state index contributed by atoms with van der Waals surface area (Å²) >= 11 is 0. The summed E-state index contributed by atoms with van der Waals surface area (Å²) in [6.45, 7) is 12.7. The van der Waals surface area contributed by atoms with Gasteiger partial charge < -0.3 is 10.2 Å². The van der Waals surface area contributed by atoms with Crippen molar-refractivity contribution in [3.05, 3.63) is 94.4 Å². The number of piperazine rings is 1. The van der Waals surface area contributed by atoms with E-state index in [9.17, 15) is 4.79 Å². The Balaban J connectivity index is 1.29. The van der Waals surface area contributed by atoms with Crippen LogP contribution in [0.1, 0.15) is 25.0 Å². The first-order valence-corrected chi connectivity index (χ1v) is 14.5. The molecule has 7 rings (SSSR count). The molecule has 0 spiro atoms. The molecule has 0 unspecified atom stereocenters. The second kappa shape index (κ2) is 10.3. The first-order valence-electron chi connectivity index (χ1n) is 14.5. The summed E-state index contributed by atoms with van der Waals surface area (Å²) in [6, 6.07) is 22.9. The zero-order valence-electron chi connectivity index (χ0n) is 24.4. The van der Waals surface area contributed by atoms with Gasteiger partial charge in [-0.05, 0) is 75.2 Å². The Morgan fingerprint density at radius 1 is 0.833 bits per heavy atom. The van der Waals surface area contributed by atoms with Gasteiger partial charge in [0.05, 0.1) is 16.7 Å². The Kier molecular flexibility index (Phi) is 6.39. The van der Waals surface area contributed by atoms with Crippen LogP contribution in [0.15, 0.2) is 77.7 Å². The van der Waals surface area contributed by atoms with Crippen LogP contribution in [0.2, 0.25) is 0 Å². The van der Waals surface area contributed by atoms with Crippen molar-refractivity contribution in [2.24, 2.45) is 0 Å². The number of nitrogens with one attached hydrogen (secondary N) is 1. The van der Waals surface area contributed by atoms with E-state index in [0.29, 0.717) is 28.8 Å². The minimum Gasteiger partial charge on any atom is -0.369 e. The molecule has 0 saturated carbocycles. The van der Waals surface area contributed by atoms with Gasteiger partial charge in [-0.3, -0.25) is 14.1 Å². The number of imidazole rings is 1. The minimum atomic E-state index is -0.196. The molecule has 1 aliphatic rings. The molecule has 9 nitrogen and oxygen atoms in total. The molecule has 212 valence electrons. The van der Waals surface area contributed by atoms with Gasteiger partial charge in [-0.15, -0.1) is 0 Å². The molecule has 1 saturated heterocycles. The van der Waals surface area contributed by atoms with Gasteiger partial charge in [-0.25, -0.2) is 14.5 Å². The standard InChI is InChI=1S/C33H34N8O/c1-21(2)38-16-18-39(19-17-38)25-14-12-24(13-15-25)35-32-34-20-26-30(37-32)40-28-11-6-5-10-27(28)36-33(40)41(31(26)42)29-22(3)8-7-9-23(29)4/h5-15,20-21H,16-19H2,1-4H3,(H,34,35,37). The minimum absolute atomic E-state index is 0.196. The number of aryl methyl sites for hydroxylation is 2. The van der Waals surface area contributed by atoms with Gasteiger partial charge in [0, 0.05) is 49.8 Å². The number of aromatic nitrogens is 5. The molecule has 1 aliphatic heterocycles. The van der Waals surface area contributed by atoms with Crippen LogP contribution in [0.4, 0.5) is 17.3 Å². The van der Waals surface area contributed by atoms with Crippen molar-refractivity contribution in [1.29, 1.82) is 0 Å². The highest BCUT2D eigenvalue weighted by Gasteiger charge is 2.21. The van der Waals surface area contributed by atoms with E-state index >= 15 is 0 Å². The van der Waals surface area contributed by atoms with Gasteiger partial charge >= 0.3 is 0 Å². The van der Waals surface area contributed by atoms with Crippen LogP contribution in [-0.2, 0) is 0 Å². The number of hydrogen-bond acceptors (Lipinski definition) is 7. The van der Waals surface area contributed by atoms with E-state index in [4.69, 9.17) is 9.97 Å². The average Bonchev–Trinajstić information content (AvgIpc) is 3.38. The first kappa shape index (κ1) is 26.2. The molecule has 4 heterocycles. The smallest absolute Gasteiger partial charge is 0.270 e. The molecule has 1 fully saturated rings. The molecule has 1 N–H and O–H groups in total. The molecule has 0 radical (unpaired) electrons. The fourth-order valence-electron chi connectivity index (χ4n) is 6.08. The summed E-state index contributed by atoms with van der Waals surface area (Å²) in [6.07, 6.45) is 1.62. The van der Waals surface area contributed by atoms with Crippen molar-refractivity contribution in [2.45, 2.75) is 33.7 Å². The zero-order valence-corrected chi connectivity index (χ0v) is 24.4. The molecule has 9 heteroatoms. The molecule has 3 aromatic heterocycles. The van der Waals surface area contributed by atoms with E-state index in [2.05, 4.69) is 58.2 Å². The highest BCUT2D eigenvalue weighted by Crippen LogP contribution is 2.27. The third kappa shape index (κ3) is 4.37. The van der Waals surface area contributed by atoms with Crippen LogP contribution in [-0.4, -0.2) is 61.0 Å². The lowest BCUT2D eigenvalue weighted by atomic mass is 10.1. The number of hydrogen-bond donors (Lipinski definition) is 1. The van der Waals surface area contributed by atoms with E-state index in [0.717, 1.165) is 59.7 Å². The van der Waals surface area contributed by atoms with E-state index in [1.165, 1.54) is 5.69 Å². The quantitative estimate of drug-likeness (QED) is 0.300. The second-order valence-corrected chi connectivity index (χ2v) is 11.3. The van der Waals surface area contributed by atoms with Gasteiger partial charge in [-0.1, -0.05) is 30.3 Å². The van der Waals surface area contributed by atoms with Gasteiger partial charge in [-0.2, -0.15) is 4.98 Å². The van der Waals surface area contributed by atoms with Crippen molar-refractivity contribution in [3.63, 3.8) is 0 Å². The summed E-state index contributed by atoms with van der Waals surface area (Å²) in [5.74, 6) is 0.946. The second-order valence-electron chi connectivity index (χ2n) is 11.3. The molecule has 0 atom stereocenters. The predicted molar refractivity (Wildman–Crippen MR) is 170 cm³/mol. The molecular formula is C33H34N8O. The summed E-state index contributed by atoms with van der Waals surface area (Å²) in [4.78, 5) is 33.3. The Bertz CT molecular complexity index is 1980. The van der Waals surface area contributed by atoms with Gasteiger partial charge in [0.25, 0.3) is 5.56 Å². The largest absolute Gasteiger partial charge is 0.369 e. The van der Waals surface area contributed by atoms with E-state index in [1.54, 1.807) is 10.8 Å². The maximum atomic E-state index is 14.0. The Labute approximate surface area is 244 Å². The van der Waals surface area contributed by atoms with Crippen molar-refractivity contribution >= 4 is 45.2 Å². The number of fused-ring (bicyclic) bond motifs is 5. The predicted octanol–water partition coefficient (Wildman–Crippen LogP) is 5.47. The average molecular weight is 559 g/mol. The van der Waals surface area contributed by atoms with Crippen LogP contribution in [0, 0.1) is 13.8 Å². The van der Waals surface area contributed by atoms with Gasteiger partial charge in [0.2, 0.25) is 11.7 Å². The van der Waals surface area contributed by atoms with Crippen molar-refractivity contribution in [2.75, 3.05) is 36.4 Å². The zero-order chi connectivity index (χ0) is 29.0. The number of para-hydroxylation sites is 3.